The highest BCUT2D eigenvalue weighted by atomic mass is 79.9. The van der Waals surface area contributed by atoms with Gasteiger partial charge < -0.3 is 4.57 Å². The fraction of sp³-hybridized carbons (Fsp3) is 0.143. The molecule has 0 unspecified atom stereocenters. The van der Waals surface area contributed by atoms with Crippen LogP contribution < -0.4 is 0 Å². The molecule has 0 radical (unpaired) electrons. The topological polar surface area (TPSA) is 60.7 Å². The number of aryl methyl sites for hydroxylation is 1. The van der Waals surface area contributed by atoms with E-state index in [1.54, 1.807) is 11.6 Å². The van der Waals surface area contributed by atoms with E-state index in [1.165, 1.54) is 6.33 Å². The second-order valence-corrected chi connectivity index (χ2v) is 3.23. The fourth-order valence-electron chi connectivity index (χ4n) is 1.12. The molecular weight excluding hydrogens is 236 g/mol. The van der Waals surface area contributed by atoms with Crippen LogP contribution in [-0.2, 0) is 7.05 Å². The molecule has 2 aromatic heterocycles. The summed E-state index contributed by atoms with van der Waals surface area (Å²) in [5.41, 5.74) is 1.25. The zero-order valence-corrected chi connectivity index (χ0v) is 8.32. The number of hydrogen-bond acceptors (Lipinski definition) is 4. The highest BCUT2D eigenvalue weighted by molar-refractivity contribution is 9.10. The van der Waals surface area contributed by atoms with Gasteiger partial charge in [0.2, 0.25) is 0 Å². The smallest absolute Gasteiger partial charge is 0.185 e. The Labute approximate surface area is 82.0 Å². The van der Waals surface area contributed by atoms with Crippen molar-refractivity contribution in [1.29, 1.82) is 0 Å². The third-order valence-electron chi connectivity index (χ3n) is 1.76. The molecule has 0 aliphatic rings. The van der Waals surface area contributed by atoms with Crippen molar-refractivity contribution >= 4 is 33.4 Å². The molecule has 2 heterocycles. The van der Waals surface area contributed by atoms with E-state index in [2.05, 4.69) is 30.9 Å². The Hall–Kier alpha value is -1.30. The van der Waals surface area contributed by atoms with E-state index in [0.717, 1.165) is 5.52 Å². The van der Waals surface area contributed by atoms with Gasteiger partial charge in [0.15, 0.2) is 17.8 Å². The van der Waals surface area contributed by atoms with Gasteiger partial charge >= 0.3 is 0 Å². The second kappa shape index (κ2) is 2.88. The monoisotopic (exact) mass is 240 g/mol. The lowest BCUT2D eigenvalue weighted by atomic mass is 10.5. The van der Waals surface area contributed by atoms with Crippen LogP contribution in [0.25, 0.3) is 11.2 Å². The van der Waals surface area contributed by atoms with Gasteiger partial charge in [-0.25, -0.2) is 15.0 Å². The molecule has 66 valence electrons. The summed E-state index contributed by atoms with van der Waals surface area (Å²) in [6.07, 6.45) is 2.09. The lowest BCUT2D eigenvalue weighted by Crippen LogP contribution is -1.95. The first-order valence-electron chi connectivity index (χ1n) is 3.52. The highest BCUT2D eigenvalue weighted by Gasteiger charge is 2.10. The maximum atomic E-state index is 10.6. The van der Waals surface area contributed by atoms with E-state index in [4.69, 9.17) is 0 Å². The number of carbonyl (C=O) groups is 1. The molecule has 0 N–H and O–H groups in total. The minimum atomic E-state index is 0.344. The maximum absolute atomic E-state index is 10.6. The third-order valence-corrected chi connectivity index (χ3v) is 2.34. The molecule has 0 aliphatic heterocycles. The van der Waals surface area contributed by atoms with Crippen LogP contribution >= 0.6 is 15.9 Å². The summed E-state index contributed by atoms with van der Waals surface area (Å²) in [6.45, 7) is 0. The molecule has 0 aromatic carbocycles. The molecule has 0 atom stereocenters. The van der Waals surface area contributed by atoms with Crippen LogP contribution in [-0.4, -0.2) is 25.8 Å². The van der Waals surface area contributed by atoms with E-state index in [1.807, 2.05) is 0 Å². The van der Waals surface area contributed by atoms with Crippen molar-refractivity contribution in [3.05, 3.63) is 16.8 Å². The van der Waals surface area contributed by atoms with E-state index in [-0.39, 0.29) is 0 Å². The van der Waals surface area contributed by atoms with Crippen molar-refractivity contribution in [3.8, 4) is 0 Å². The second-order valence-electron chi connectivity index (χ2n) is 2.48. The normalized spacial score (nSPS) is 10.6. The summed E-state index contributed by atoms with van der Waals surface area (Å²) < 4.78 is 2.28. The third kappa shape index (κ3) is 1.14. The maximum Gasteiger partial charge on any atom is 0.185 e. The van der Waals surface area contributed by atoms with Gasteiger partial charge in [0, 0.05) is 7.05 Å². The predicted octanol–water partition coefficient (Wildman–Crippen LogP) is 0.938. The molecule has 5 nitrogen and oxygen atoms in total. The van der Waals surface area contributed by atoms with Gasteiger partial charge in [-0.1, -0.05) is 0 Å². The van der Waals surface area contributed by atoms with Crippen LogP contribution in [0.4, 0.5) is 0 Å². The van der Waals surface area contributed by atoms with Crippen molar-refractivity contribution in [2.75, 3.05) is 0 Å². The van der Waals surface area contributed by atoms with Crippen molar-refractivity contribution in [2.24, 2.45) is 7.05 Å². The molecule has 6 heteroatoms. The van der Waals surface area contributed by atoms with Crippen molar-refractivity contribution in [2.45, 2.75) is 0 Å². The van der Waals surface area contributed by atoms with Gasteiger partial charge in [0.1, 0.15) is 16.4 Å². The van der Waals surface area contributed by atoms with E-state index in [9.17, 15) is 4.79 Å². The Kier molecular flexibility index (Phi) is 1.84. The van der Waals surface area contributed by atoms with Gasteiger partial charge in [0.05, 0.1) is 0 Å². The first-order chi connectivity index (χ1) is 6.24. The number of aromatic nitrogens is 4. The fourth-order valence-corrected chi connectivity index (χ4v) is 1.66. The Morgan fingerprint density at radius 2 is 2.31 bits per heavy atom. The van der Waals surface area contributed by atoms with E-state index >= 15 is 0 Å². The van der Waals surface area contributed by atoms with E-state index in [0.29, 0.717) is 22.4 Å². The summed E-state index contributed by atoms with van der Waals surface area (Å²) in [4.78, 5) is 22.5. The Bertz CT molecular complexity index is 479. The average Bonchev–Trinajstić information content (AvgIpc) is 2.44. The standard InChI is InChI=1S/C7H5BrN4O/c1-12-4(2-13)11-7-5(12)6(8)9-3-10-7/h2-3H,1H3. The first-order valence-corrected chi connectivity index (χ1v) is 4.31. The van der Waals surface area contributed by atoms with Gasteiger partial charge in [-0.05, 0) is 15.9 Å². The minimum absolute atomic E-state index is 0.344. The molecule has 0 fully saturated rings. The summed E-state index contributed by atoms with van der Waals surface area (Å²) in [5.74, 6) is 0.344. The predicted molar refractivity (Wildman–Crippen MR) is 49.4 cm³/mol. The molecule has 0 saturated heterocycles. The molecule has 0 bridgehead atoms. The largest absolute Gasteiger partial charge is 0.321 e. The Morgan fingerprint density at radius 3 is 2.92 bits per heavy atom. The molecule has 13 heavy (non-hydrogen) atoms. The lowest BCUT2D eigenvalue weighted by molar-refractivity contribution is 0.111. The molecule has 0 spiro atoms. The van der Waals surface area contributed by atoms with Crippen molar-refractivity contribution < 1.29 is 4.79 Å². The number of nitrogens with zero attached hydrogens (tertiary/aromatic N) is 4. The SMILES string of the molecule is Cn1c(C=O)nc2ncnc(Br)c21. The Balaban J connectivity index is 2.92. The number of imidazole rings is 1. The molecule has 2 rings (SSSR count). The van der Waals surface area contributed by atoms with Crippen LogP contribution in [0.3, 0.4) is 0 Å². The number of halogens is 1. The zero-order chi connectivity index (χ0) is 9.42. The van der Waals surface area contributed by atoms with Gasteiger partial charge in [-0.15, -0.1) is 0 Å². The van der Waals surface area contributed by atoms with Crippen molar-refractivity contribution in [1.82, 2.24) is 19.5 Å². The molecule has 2 aromatic rings. The summed E-state index contributed by atoms with van der Waals surface area (Å²) >= 11 is 3.26. The lowest BCUT2D eigenvalue weighted by Gasteiger charge is -1.95. The number of fused-ring (bicyclic) bond motifs is 1. The van der Waals surface area contributed by atoms with Crippen LogP contribution in [0, 0.1) is 0 Å². The van der Waals surface area contributed by atoms with Crippen LogP contribution in [0.15, 0.2) is 10.9 Å². The Morgan fingerprint density at radius 1 is 1.54 bits per heavy atom. The van der Waals surface area contributed by atoms with Crippen LogP contribution in [0.5, 0.6) is 0 Å². The average molecular weight is 241 g/mol. The quantitative estimate of drug-likeness (QED) is 0.550. The number of rotatable bonds is 1. The first kappa shape index (κ1) is 8.31. The molecule has 0 amide bonds. The number of aldehydes is 1. The van der Waals surface area contributed by atoms with E-state index < -0.39 is 0 Å². The summed E-state index contributed by atoms with van der Waals surface area (Å²) in [7, 11) is 1.74. The number of hydrogen-bond donors (Lipinski definition) is 0. The van der Waals surface area contributed by atoms with Gasteiger partial charge in [0.25, 0.3) is 0 Å². The van der Waals surface area contributed by atoms with Crippen LogP contribution in [0.2, 0.25) is 0 Å². The molecular formula is C7H5BrN4O. The van der Waals surface area contributed by atoms with Crippen LogP contribution in [0.1, 0.15) is 10.6 Å². The molecule has 0 saturated carbocycles. The summed E-state index contributed by atoms with van der Waals surface area (Å²) in [6, 6.07) is 0. The molecule has 0 aliphatic carbocycles. The zero-order valence-electron chi connectivity index (χ0n) is 6.73. The van der Waals surface area contributed by atoms with Gasteiger partial charge in [-0.2, -0.15) is 0 Å². The summed E-state index contributed by atoms with van der Waals surface area (Å²) in [5, 5.41) is 0. The minimum Gasteiger partial charge on any atom is -0.321 e. The van der Waals surface area contributed by atoms with Crippen molar-refractivity contribution in [3.63, 3.8) is 0 Å². The number of carbonyl (C=O) groups excluding carboxylic acids is 1. The van der Waals surface area contributed by atoms with Gasteiger partial charge in [-0.3, -0.25) is 4.79 Å². The highest BCUT2D eigenvalue weighted by Crippen LogP contribution is 2.18.